The first-order chi connectivity index (χ1) is 14.1. The number of carbonyl (C=O) groups is 2. The summed E-state index contributed by atoms with van der Waals surface area (Å²) in [6.45, 7) is 2.50. The van der Waals surface area contributed by atoms with Crippen molar-refractivity contribution in [1.29, 1.82) is 0 Å². The molecule has 0 radical (unpaired) electrons. The van der Waals surface area contributed by atoms with Crippen LogP contribution in [0.4, 0.5) is 0 Å². The summed E-state index contributed by atoms with van der Waals surface area (Å²) < 4.78 is 8.97. The molecule has 0 bridgehead atoms. The van der Waals surface area contributed by atoms with E-state index in [-0.39, 0.29) is 17.5 Å². The van der Waals surface area contributed by atoms with Crippen LogP contribution in [0.5, 0.6) is 0 Å². The minimum absolute atomic E-state index is 0.0301. The molecule has 1 fully saturated rings. The van der Waals surface area contributed by atoms with Gasteiger partial charge in [-0.3, -0.25) is 9.48 Å². The van der Waals surface area contributed by atoms with Crippen molar-refractivity contribution in [3.05, 3.63) is 54.0 Å². The van der Waals surface area contributed by atoms with Crippen LogP contribution in [0.3, 0.4) is 0 Å². The van der Waals surface area contributed by atoms with Crippen molar-refractivity contribution in [2.45, 2.75) is 25.4 Å². The zero-order valence-corrected chi connectivity index (χ0v) is 16.3. The lowest BCUT2D eigenvalue weighted by Gasteiger charge is -2.32. The molecule has 29 heavy (non-hydrogen) atoms. The maximum atomic E-state index is 13.2. The summed E-state index contributed by atoms with van der Waals surface area (Å²) >= 11 is 0. The Morgan fingerprint density at radius 1 is 1.21 bits per heavy atom. The molecule has 0 spiro atoms. The fourth-order valence-electron chi connectivity index (χ4n) is 3.94. The predicted molar refractivity (Wildman–Crippen MR) is 107 cm³/mol. The topological polar surface area (TPSA) is 89.6 Å². The number of hydrogen-bond acceptors (Lipinski definition) is 4. The van der Waals surface area contributed by atoms with Crippen LogP contribution in [0.25, 0.3) is 10.9 Å². The number of para-hydroxylation sites is 1. The van der Waals surface area contributed by atoms with E-state index in [0.29, 0.717) is 31.8 Å². The van der Waals surface area contributed by atoms with E-state index in [1.54, 1.807) is 18.0 Å². The van der Waals surface area contributed by atoms with Crippen molar-refractivity contribution in [3.8, 4) is 0 Å². The molecule has 152 valence electrons. The van der Waals surface area contributed by atoms with Crippen LogP contribution in [0, 0.1) is 0 Å². The number of hydrogen-bond donors (Lipinski definition) is 1. The first-order valence-corrected chi connectivity index (χ1v) is 9.72. The Morgan fingerprint density at radius 2 is 1.97 bits per heavy atom. The summed E-state index contributed by atoms with van der Waals surface area (Å²) in [4.78, 5) is 26.1. The van der Waals surface area contributed by atoms with E-state index in [2.05, 4.69) is 9.67 Å². The number of fused-ring (bicyclic) bond motifs is 1. The van der Waals surface area contributed by atoms with Crippen LogP contribution < -0.4 is 0 Å². The number of nitrogens with zero attached hydrogens (tertiary/aromatic N) is 4. The average Bonchev–Trinajstić information content (AvgIpc) is 3.38. The number of carbonyl (C=O) groups excluding carboxylic acids is 1. The number of carboxylic acid groups (broad SMARTS) is 1. The van der Waals surface area contributed by atoms with Gasteiger partial charge in [0.2, 0.25) is 0 Å². The summed E-state index contributed by atoms with van der Waals surface area (Å²) in [5.41, 5.74) is 1.93. The van der Waals surface area contributed by atoms with Gasteiger partial charge in [0.25, 0.3) is 5.91 Å². The van der Waals surface area contributed by atoms with E-state index in [1.165, 1.54) is 6.20 Å². The number of carboxylic acids is 1. The van der Waals surface area contributed by atoms with E-state index < -0.39 is 5.97 Å². The third-order valence-corrected chi connectivity index (χ3v) is 5.53. The molecule has 0 unspecified atom stereocenters. The fourth-order valence-corrected chi connectivity index (χ4v) is 3.94. The van der Waals surface area contributed by atoms with Gasteiger partial charge in [0.05, 0.1) is 30.0 Å². The number of benzene rings is 1. The Hall–Kier alpha value is -3.13. The van der Waals surface area contributed by atoms with Gasteiger partial charge in [0, 0.05) is 50.0 Å². The van der Waals surface area contributed by atoms with Crippen LogP contribution in [0.2, 0.25) is 0 Å². The average molecular weight is 396 g/mol. The molecule has 1 aliphatic heterocycles. The van der Waals surface area contributed by atoms with Crippen LogP contribution >= 0.6 is 0 Å². The molecule has 8 heteroatoms. The van der Waals surface area contributed by atoms with Gasteiger partial charge >= 0.3 is 5.97 Å². The Morgan fingerprint density at radius 3 is 2.66 bits per heavy atom. The Balaban J connectivity index is 1.49. The molecule has 1 amide bonds. The van der Waals surface area contributed by atoms with Crippen LogP contribution in [-0.4, -0.2) is 63.0 Å². The highest BCUT2D eigenvalue weighted by Crippen LogP contribution is 2.27. The summed E-state index contributed by atoms with van der Waals surface area (Å²) in [6.07, 6.45) is 6.34. The van der Waals surface area contributed by atoms with Gasteiger partial charge in [0.15, 0.2) is 0 Å². The molecule has 2 aromatic heterocycles. The minimum Gasteiger partial charge on any atom is -0.478 e. The molecule has 1 N–H and O–H groups in total. The lowest BCUT2D eigenvalue weighted by Crippen LogP contribution is -2.39. The molecule has 0 saturated carbocycles. The van der Waals surface area contributed by atoms with E-state index in [1.807, 2.05) is 35.4 Å². The van der Waals surface area contributed by atoms with Crippen LogP contribution in [0.1, 0.15) is 39.6 Å². The smallest absolute Gasteiger partial charge is 0.338 e. The highest BCUT2D eigenvalue weighted by atomic mass is 16.5. The number of piperidine rings is 1. The predicted octanol–water partition coefficient (Wildman–Crippen LogP) is 2.66. The molecule has 1 aromatic carbocycles. The second kappa shape index (κ2) is 8.08. The molecular formula is C21H24N4O4. The zero-order valence-electron chi connectivity index (χ0n) is 16.3. The van der Waals surface area contributed by atoms with Gasteiger partial charge in [-0.15, -0.1) is 0 Å². The maximum Gasteiger partial charge on any atom is 0.338 e. The number of ether oxygens (including phenoxy) is 1. The molecule has 3 aromatic rings. The standard InChI is InChI=1S/C21H24N4O4/c1-29-11-10-24-14-18(17-4-2-3-5-19(17)24)20(26)23-8-6-16(7-9-23)25-13-15(12-22-25)21(27)28/h2-5,12-14,16H,6-11H2,1H3,(H,27,28). The first kappa shape index (κ1) is 19.2. The highest BCUT2D eigenvalue weighted by Gasteiger charge is 2.27. The van der Waals surface area contributed by atoms with E-state index in [0.717, 1.165) is 23.7 Å². The van der Waals surface area contributed by atoms with E-state index in [4.69, 9.17) is 9.84 Å². The number of methoxy groups -OCH3 is 1. The van der Waals surface area contributed by atoms with Gasteiger partial charge in [0.1, 0.15) is 0 Å². The monoisotopic (exact) mass is 396 g/mol. The highest BCUT2D eigenvalue weighted by molar-refractivity contribution is 6.07. The minimum atomic E-state index is -0.978. The largest absolute Gasteiger partial charge is 0.478 e. The molecule has 0 atom stereocenters. The number of aromatic carboxylic acids is 1. The normalized spacial score (nSPS) is 15.1. The zero-order chi connectivity index (χ0) is 20.4. The summed E-state index contributed by atoms with van der Waals surface area (Å²) in [6, 6.07) is 8.03. The quantitative estimate of drug-likeness (QED) is 0.692. The lowest BCUT2D eigenvalue weighted by atomic mass is 10.0. The van der Waals surface area contributed by atoms with Crippen LogP contribution in [0.15, 0.2) is 42.9 Å². The maximum absolute atomic E-state index is 13.2. The molecule has 4 rings (SSSR count). The Labute approximate surface area is 168 Å². The van der Waals surface area contributed by atoms with E-state index >= 15 is 0 Å². The van der Waals surface area contributed by atoms with Gasteiger partial charge in [-0.25, -0.2) is 4.79 Å². The van der Waals surface area contributed by atoms with Gasteiger partial charge < -0.3 is 19.3 Å². The summed E-state index contributed by atoms with van der Waals surface area (Å²) in [5, 5.41) is 14.2. The second-order valence-corrected chi connectivity index (χ2v) is 7.28. The van der Waals surface area contributed by atoms with Crippen LogP contribution in [-0.2, 0) is 11.3 Å². The Bertz CT molecular complexity index is 1030. The molecular weight excluding hydrogens is 372 g/mol. The molecule has 1 aliphatic rings. The van der Waals surface area contributed by atoms with Crippen molar-refractivity contribution in [2.24, 2.45) is 0 Å². The SMILES string of the molecule is COCCn1cc(C(=O)N2CCC(n3cc(C(=O)O)cn3)CC2)c2ccccc21. The van der Waals surface area contributed by atoms with E-state index in [9.17, 15) is 9.59 Å². The third-order valence-electron chi connectivity index (χ3n) is 5.53. The van der Waals surface area contributed by atoms with Crippen molar-refractivity contribution in [1.82, 2.24) is 19.2 Å². The van der Waals surface area contributed by atoms with Crippen molar-refractivity contribution < 1.29 is 19.4 Å². The number of likely N-dealkylation sites (tertiary alicyclic amines) is 1. The number of aromatic nitrogens is 3. The molecule has 0 aliphatic carbocycles. The summed E-state index contributed by atoms with van der Waals surface area (Å²) in [5.74, 6) is -0.948. The molecule has 8 nitrogen and oxygen atoms in total. The lowest BCUT2D eigenvalue weighted by molar-refractivity contribution is 0.0689. The van der Waals surface area contributed by atoms with Crippen molar-refractivity contribution in [2.75, 3.05) is 26.8 Å². The molecule has 1 saturated heterocycles. The first-order valence-electron chi connectivity index (χ1n) is 9.72. The fraction of sp³-hybridized carbons (Fsp3) is 0.381. The Kier molecular flexibility index (Phi) is 5.35. The molecule has 3 heterocycles. The third kappa shape index (κ3) is 3.75. The number of amides is 1. The second-order valence-electron chi connectivity index (χ2n) is 7.28. The van der Waals surface area contributed by atoms with Crippen molar-refractivity contribution >= 4 is 22.8 Å². The van der Waals surface area contributed by atoms with Crippen molar-refractivity contribution in [3.63, 3.8) is 0 Å². The van der Waals surface area contributed by atoms with Gasteiger partial charge in [-0.2, -0.15) is 5.10 Å². The number of rotatable bonds is 6. The summed E-state index contributed by atoms with van der Waals surface area (Å²) in [7, 11) is 1.67. The van der Waals surface area contributed by atoms with Gasteiger partial charge in [-0.05, 0) is 18.9 Å². The van der Waals surface area contributed by atoms with Gasteiger partial charge in [-0.1, -0.05) is 18.2 Å².